The van der Waals surface area contributed by atoms with Gasteiger partial charge in [0.1, 0.15) is 11.5 Å². The van der Waals surface area contributed by atoms with Crippen LogP contribution in [0.1, 0.15) is 42.1 Å². The van der Waals surface area contributed by atoms with E-state index in [9.17, 15) is 4.79 Å². The van der Waals surface area contributed by atoms with Crippen LogP contribution in [0.2, 0.25) is 0 Å². The molecule has 1 aliphatic carbocycles. The van der Waals surface area contributed by atoms with Crippen molar-refractivity contribution in [2.75, 3.05) is 7.05 Å². The Morgan fingerprint density at radius 1 is 1.47 bits per heavy atom. The normalized spacial score (nSPS) is 19.0. The molecule has 1 aliphatic rings. The third-order valence-corrected chi connectivity index (χ3v) is 2.73. The molecule has 0 aliphatic heterocycles. The molecule has 1 N–H and O–H groups in total. The van der Waals surface area contributed by atoms with E-state index in [2.05, 4.69) is 24.3 Å². The van der Waals surface area contributed by atoms with Crippen molar-refractivity contribution in [3.63, 3.8) is 0 Å². The van der Waals surface area contributed by atoms with E-state index in [-0.39, 0.29) is 11.2 Å². The Labute approximate surface area is 89.0 Å². The molecule has 0 aromatic carbocycles. The molecule has 4 heteroatoms. The number of fused-ring (bicyclic) bond motifs is 1. The third kappa shape index (κ3) is 1.81. The third-order valence-electron chi connectivity index (χ3n) is 2.73. The Balaban J connectivity index is 2.39. The van der Waals surface area contributed by atoms with Crippen LogP contribution >= 0.6 is 0 Å². The van der Waals surface area contributed by atoms with Crippen LogP contribution in [0.5, 0.6) is 0 Å². The predicted molar refractivity (Wildman–Crippen MR) is 55.7 cm³/mol. The number of ketones is 1. The van der Waals surface area contributed by atoms with Crippen molar-refractivity contribution in [1.82, 2.24) is 10.5 Å². The summed E-state index contributed by atoms with van der Waals surface area (Å²) in [5.41, 5.74) is 1.46. The molecule has 82 valence electrons. The van der Waals surface area contributed by atoms with Gasteiger partial charge in [-0.25, -0.2) is 0 Å². The monoisotopic (exact) mass is 208 g/mol. The van der Waals surface area contributed by atoms with Gasteiger partial charge in [-0.05, 0) is 12.5 Å². The molecule has 0 saturated heterocycles. The van der Waals surface area contributed by atoms with Crippen molar-refractivity contribution in [3.05, 3.63) is 17.0 Å². The lowest BCUT2D eigenvalue weighted by Crippen LogP contribution is -2.27. The van der Waals surface area contributed by atoms with E-state index in [4.69, 9.17) is 4.52 Å². The minimum atomic E-state index is 0.000526. The van der Waals surface area contributed by atoms with Crippen molar-refractivity contribution in [2.24, 2.45) is 5.41 Å². The fourth-order valence-electron chi connectivity index (χ4n) is 2.11. The minimum absolute atomic E-state index is 0.000526. The Hall–Kier alpha value is -1.16. The topological polar surface area (TPSA) is 55.1 Å². The number of rotatable bonds is 2. The zero-order valence-corrected chi connectivity index (χ0v) is 9.39. The maximum absolute atomic E-state index is 11.9. The summed E-state index contributed by atoms with van der Waals surface area (Å²) in [4.78, 5) is 11.9. The van der Waals surface area contributed by atoms with Gasteiger partial charge in [-0.1, -0.05) is 19.0 Å². The highest BCUT2D eigenvalue weighted by Gasteiger charge is 2.35. The fourth-order valence-corrected chi connectivity index (χ4v) is 2.11. The van der Waals surface area contributed by atoms with E-state index in [0.29, 0.717) is 18.5 Å². The van der Waals surface area contributed by atoms with Gasteiger partial charge in [0.15, 0.2) is 5.78 Å². The molecule has 0 radical (unpaired) electrons. The van der Waals surface area contributed by atoms with Gasteiger partial charge < -0.3 is 9.84 Å². The van der Waals surface area contributed by atoms with Gasteiger partial charge in [-0.2, -0.15) is 0 Å². The summed E-state index contributed by atoms with van der Waals surface area (Å²) in [5.74, 6) is 0.911. The summed E-state index contributed by atoms with van der Waals surface area (Å²) in [7, 11) is 1.83. The minimum Gasteiger partial charge on any atom is -0.360 e. The Bertz CT molecular complexity index is 393. The molecule has 1 aromatic heterocycles. The first-order valence-electron chi connectivity index (χ1n) is 5.19. The average molecular weight is 208 g/mol. The second-order valence-corrected chi connectivity index (χ2v) is 4.90. The summed E-state index contributed by atoms with van der Waals surface area (Å²) in [6.45, 7) is 4.74. The van der Waals surface area contributed by atoms with E-state index < -0.39 is 0 Å². The van der Waals surface area contributed by atoms with E-state index in [1.165, 1.54) is 0 Å². The highest BCUT2D eigenvalue weighted by Crippen LogP contribution is 2.35. The second-order valence-electron chi connectivity index (χ2n) is 4.90. The van der Waals surface area contributed by atoms with Crippen molar-refractivity contribution in [3.8, 4) is 0 Å². The van der Waals surface area contributed by atoms with Crippen LogP contribution in [0.3, 0.4) is 0 Å². The zero-order valence-electron chi connectivity index (χ0n) is 9.39. The van der Waals surface area contributed by atoms with Crippen LogP contribution in [-0.4, -0.2) is 18.0 Å². The lowest BCUT2D eigenvalue weighted by Gasteiger charge is -2.26. The van der Waals surface area contributed by atoms with Crippen LogP contribution < -0.4 is 5.32 Å². The first-order valence-corrected chi connectivity index (χ1v) is 5.19. The van der Waals surface area contributed by atoms with Gasteiger partial charge in [0.25, 0.3) is 0 Å². The average Bonchev–Trinajstić information content (AvgIpc) is 2.46. The summed E-state index contributed by atoms with van der Waals surface area (Å²) in [5, 5.41) is 6.93. The van der Waals surface area contributed by atoms with E-state index in [0.717, 1.165) is 17.9 Å². The number of Topliss-reactive ketones (excluding diaryl/α,β-unsaturated/α-hetero) is 1. The summed E-state index contributed by atoms with van der Waals surface area (Å²) in [6, 6.07) is 0. The van der Waals surface area contributed by atoms with E-state index in [1.54, 1.807) is 0 Å². The van der Waals surface area contributed by atoms with Crippen molar-refractivity contribution in [1.29, 1.82) is 0 Å². The van der Waals surface area contributed by atoms with Crippen LogP contribution in [0.4, 0.5) is 0 Å². The maximum atomic E-state index is 11.9. The summed E-state index contributed by atoms with van der Waals surface area (Å²) >= 11 is 0. The van der Waals surface area contributed by atoms with Gasteiger partial charge in [0.05, 0.1) is 5.56 Å². The Morgan fingerprint density at radius 2 is 2.20 bits per heavy atom. The predicted octanol–water partition coefficient (Wildman–Crippen LogP) is 1.55. The highest BCUT2D eigenvalue weighted by atomic mass is 16.5. The van der Waals surface area contributed by atoms with Crippen molar-refractivity contribution < 1.29 is 9.32 Å². The molecule has 0 saturated carbocycles. The molecule has 0 fully saturated rings. The van der Waals surface area contributed by atoms with Crippen molar-refractivity contribution in [2.45, 2.75) is 33.2 Å². The maximum Gasteiger partial charge on any atom is 0.168 e. The lowest BCUT2D eigenvalue weighted by molar-refractivity contribution is 0.0901. The first-order chi connectivity index (χ1) is 7.03. The molecule has 0 spiro atoms. The second kappa shape index (κ2) is 3.45. The largest absolute Gasteiger partial charge is 0.360 e. The molecule has 15 heavy (non-hydrogen) atoms. The van der Waals surface area contributed by atoms with Crippen LogP contribution in [0, 0.1) is 5.41 Å². The first kappa shape index (κ1) is 10.4. The molecular formula is C11H16N2O2. The van der Waals surface area contributed by atoms with Gasteiger partial charge in [0, 0.05) is 19.4 Å². The molecule has 1 heterocycles. The molecule has 0 amide bonds. The van der Waals surface area contributed by atoms with Gasteiger partial charge in [-0.3, -0.25) is 4.79 Å². The number of carbonyl (C=O) groups excluding carboxylic acids is 1. The zero-order chi connectivity index (χ0) is 11.1. The number of nitrogens with zero attached hydrogens (tertiary/aromatic N) is 1. The van der Waals surface area contributed by atoms with Gasteiger partial charge in [-0.15, -0.1) is 0 Å². The number of aromatic nitrogens is 1. The Kier molecular flexibility index (Phi) is 2.38. The number of hydrogen-bond acceptors (Lipinski definition) is 4. The standard InChI is InChI=1S/C11H16N2O2/c1-11(2)4-8(14)10-7(6-12-3)13-15-9(10)5-11/h12H,4-6H2,1-3H3. The molecule has 4 nitrogen and oxygen atoms in total. The van der Waals surface area contributed by atoms with Crippen LogP contribution in [-0.2, 0) is 13.0 Å². The highest BCUT2D eigenvalue weighted by molar-refractivity contribution is 5.99. The van der Waals surface area contributed by atoms with Gasteiger partial charge in [0.2, 0.25) is 0 Å². The smallest absolute Gasteiger partial charge is 0.168 e. The van der Waals surface area contributed by atoms with Crippen LogP contribution in [0.25, 0.3) is 0 Å². The SMILES string of the molecule is CNCc1noc2c1C(=O)CC(C)(C)C2. The lowest BCUT2D eigenvalue weighted by atomic mass is 9.76. The number of carbonyl (C=O) groups is 1. The fraction of sp³-hybridized carbons (Fsp3) is 0.636. The van der Waals surface area contributed by atoms with E-state index in [1.807, 2.05) is 7.05 Å². The molecule has 0 bridgehead atoms. The van der Waals surface area contributed by atoms with Gasteiger partial charge >= 0.3 is 0 Å². The molecule has 0 unspecified atom stereocenters. The molecule has 2 rings (SSSR count). The number of nitrogens with one attached hydrogen (secondary N) is 1. The van der Waals surface area contributed by atoms with Crippen LogP contribution in [0.15, 0.2) is 4.52 Å². The van der Waals surface area contributed by atoms with E-state index >= 15 is 0 Å². The molecule has 1 aromatic rings. The molecular weight excluding hydrogens is 192 g/mol. The summed E-state index contributed by atoms with van der Waals surface area (Å²) in [6.07, 6.45) is 1.38. The Morgan fingerprint density at radius 3 is 2.87 bits per heavy atom. The van der Waals surface area contributed by atoms with Crippen molar-refractivity contribution >= 4 is 5.78 Å². The summed E-state index contributed by atoms with van der Waals surface area (Å²) < 4.78 is 5.23. The quantitative estimate of drug-likeness (QED) is 0.801. The number of hydrogen-bond donors (Lipinski definition) is 1. The molecule has 0 atom stereocenters.